The van der Waals surface area contributed by atoms with E-state index in [1.54, 1.807) is 36.4 Å². The molecule has 1 heterocycles. The van der Waals surface area contributed by atoms with Gasteiger partial charge in [-0.15, -0.1) is 0 Å². The Morgan fingerprint density at radius 2 is 2.06 bits per heavy atom. The molecule has 2 aromatic rings. The summed E-state index contributed by atoms with van der Waals surface area (Å²) in [5.41, 5.74) is 1.70. The molecule has 0 aliphatic rings. The van der Waals surface area contributed by atoms with E-state index in [0.717, 1.165) is 0 Å². The molecular formula is C13H11BrClNO2. The second kappa shape index (κ2) is 5.80. The molecule has 0 spiro atoms. The van der Waals surface area contributed by atoms with Gasteiger partial charge in [0.05, 0.1) is 12.3 Å². The molecular weight excluding hydrogens is 318 g/mol. The van der Waals surface area contributed by atoms with Gasteiger partial charge in [-0.3, -0.25) is 0 Å². The molecule has 2 N–H and O–H groups in total. The number of rotatable bonds is 3. The molecule has 1 aromatic carbocycles. The van der Waals surface area contributed by atoms with Crippen LogP contribution in [0.15, 0.2) is 41.0 Å². The Kier molecular flexibility index (Phi) is 4.35. The van der Waals surface area contributed by atoms with Gasteiger partial charge < -0.3 is 10.2 Å². The van der Waals surface area contributed by atoms with E-state index < -0.39 is 6.10 Å². The fourth-order valence-corrected chi connectivity index (χ4v) is 2.24. The van der Waals surface area contributed by atoms with E-state index in [2.05, 4.69) is 20.9 Å². The summed E-state index contributed by atoms with van der Waals surface area (Å²) in [5.74, 6) is 0. The molecule has 3 nitrogen and oxygen atoms in total. The molecule has 0 aliphatic heterocycles. The molecule has 5 heteroatoms. The minimum absolute atomic E-state index is 0.155. The topological polar surface area (TPSA) is 53.4 Å². The van der Waals surface area contributed by atoms with E-state index >= 15 is 0 Å². The van der Waals surface area contributed by atoms with E-state index in [1.165, 1.54) is 0 Å². The van der Waals surface area contributed by atoms with E-state index in [4.69, 9.17) is 11.6 Å². The van der Waals surface area contributed by atoms with Gasteiger partial charge in [0.15, 0.2) is 0 Å². The molecule has 1 atom stereocenters. The normalized spacial score (nSPS) is 12.4. The number of nitrogens with zero attached hydrogens (tertiary/aromatic N) is 1. The zero-order valence-corrected chi connectivity index (χ0v) is 11.7. The van der Waals surface area contributed by atoms with Crippen LogP contribution in [-0.2, 0) is 6.61 Å². The second-order valence-electron chi connectivity index (χ2n) is 3.79. The lowest BCUT2D eigenvalue weighted by Gasteiger charge is -2.14. The first-order valence-corrected chi connectivity index (χ1v) is 6.48. The molecule has 18 heavy (non-hydrogen) atoms. The fraction of sp³-hybridized carbons (Fsp3) is 0.154. The SMILES string of the molecule is OCc1ccc(Cl)cc1C(O)c1cccc(Br)n1. The van der Waals surface area contributed by atoms with Crippen LogP contribution in [-0.4, -0.2) is 15.2 Å². The molecule has 1 unspecified atom stereocenters. The van der Waals surface area contributed by atoms with Crippen molar-refractivity contribution in [3.05, 3.63) is 62.8 Å². The van der Waals surface area contributed by atoms with Gasteiger partial charge in [-0.25, -0.2) is 4.98 Å². The van der Waals surface area contributed by atoms with E-state index in [9.17, 15) is 10.2 Å². The van der Waals surface area contributed by atoms with Crippen LogP contribution in [0.3, 0.4) is 0 Å². The van der Waals surface area contributed by atoms with Crippen molar-refractivity contribution in [1.29, 1.82) is 0 Å². The predicted molar refractivity (Wildman–Crippen MR) is 73.4 cm³/mol. The highest BCUT2D eigenvalue weighted by Crippen LogP contribution is 2.27. The van der Waals surface area contributed by atoms with Crippen molar-refractivity contribution >= 4 is 27.5 Å². The average Bonchev–Trinajstić information content (AvgIpc) is 2.38. The molecule has 2 rings (SSSR count). The summed E-state index contributed by atoms with van der Waals surface area (Å²) < 4.78 is 0.645. The summed E-state index contributed by atoms with van der Waals surface area (Å²) >= 11 is 9.17. The van der Waals surface area contributed by atoms with Crippen LogP contribution in [0.4, 0.5) is 0 Å². The summed E-state index contributed by atoms with van der Waals surface area (Å²) in [5, 5.41) is 20.1. The van der Waals surface area contributed by atoms with Crippen molar-refractivity contribution in [3.63, 3.8) is 0 Å². The van der Waals surface area contributed by atoms with E-state index in [0.29, 0.717) is 26.4 Å². The molecule has 0 aliphatic carbocycles. The average molecular weight is 329 g/mol. The lowest BCUT2D eigenvalue weighted by Crippen LogP contribution is -2.06. The number of aliphatic hydroxyl groups excluding tert-OH is 2. The number of hydrogen-bond acceptors (Lipinski definition) is 3. The summed E-state index contributed by atoms with van der Waals surface area (Å²) in [6.45, 7) is -0.155. The van der Waals surface area contributed by atoms with Gasteiger partial charge in [0.1, 0.15) is 10.7 Å². The maximum atomic E-state index is 10.3. The van der Waals surface area contributed by atoms with Crippen LogP contribution in [0.5, 0.6) is 0 Å². The number of hydrogen-bond donors (Lipinski definition) is 2. The largest absolute Gasteiger partial charge is 0.392 e. The Morgan fingerprint density at radius 1 is 1.28 bits per heavy atom. The highest BCUT2D eigenvalue weighted by atomic mass is 79.9. The maximum absolute atomic E-state index is 10.3. The molecule has 94 valence electrons. The van der Waals surface area contributed by atoms with Crippen molar-refractivity contribution in [3.8, 4) is 0 Å². The molecule has 0 saturated carbocycles. The van der Waals surface area contributed by atoms with Crippen molar-refractivity contribution < 1.29 is 10.2 Å². The summed E-state index contributed by atoms with van der Waals surface area (Å²) in [4.78, 5) is 4.20. The van der Waals surface area contributed by atoms with E-state index in [1.807, 2.05) is 0 Å². The molecule has 0 radical (unpaired) electrons. The third-order valence-electron chi connectivity index (χ3n) is 2.59. The Labute approximate surface area is 118 Å². The first-order chi connectivity index (χ1) is 8.61. The minimum Gasteiger partial charge on any atom is -0.392 e. The van der Waals surface area contributed by atoms with Crippen molar-refractivity contribution in [2.75, 3.05) is 0 Å². The van der Waals surface area contributed by atoms with Crippen LogP contribution in [0.2, 0.25) is 5.02 Å². The second-order valence-corrected chi connectivity index (χ2v) is 5.04. The van der Waals surface area contributed by atoms with Crippen LogP contribution < -0.4 is 0 Å². The van der Waals surface area contributed by atoms with Gasteiger partial charge in [-0.05, 0) is 51.3 Å². The third kappa shape index (κ3) is 2.90. The standard InChI is InChI=1S/C13H11BrClNO2/c14-12-3-1-2-11(16-12)13(18)10-6-9(15)5-4-8(10)7-17/h1-6,13,17-18H,7H2. The van der Waals surface area contributed by atoms with Crippen LogP contribution >= 0.6 is 27.5 Å². The molecule has 0 bridgehead atoms. The zero-order valence-electron chi connectivity index (χ0n) is 9.35. The lowest BCUT2D eigenvalue weighted by molar-refractivity contribution is 0.208. The maximum Gasteiger partial charge on any atom is 0.121 e. The summed E-state index contributed by atoms with van der Waals surface area (Å²) in [7, 11) is 0. The number of halogens is 2. The zero-order chi connectivity index (χ0) is 13.1. The highest BCUT2D eigenvalue weighted by molar-refractivity contribution is 9.10. The number of aliphatic hydroxyl groups is 2. The van der Waals surface area contributed by atoms with Crippen LogP contribution in [0.25, 0.3) is 0 Å². The van der Waals surface area contributed by atoms with Crippen LogP contribution in [0, 0.1) is 0 Å². The van der Waals surface area contributed by atoms with Gasteiger partial charge in [-0.1, -0.05) is 23.7 Å². The Bertz CT molecular complexity index is 562. The molecule has 0 fully saturated rings. The van der Waals surface area contributed by atoms with Crippen molar-refractivity contribution in [2.45, 2.75) is 12.7 Å². The summed E-state index contributed by atoms with van der Waals surface area (Å²) in [6.07, 6.45) is -0.914. The van der Waals surface area contributed by atoms with Crippen molar-refractivity contribution in [2.24, 2.45) is 0 Å². The van der Waals surface area contributed by atoms with Crippen LogP contribution in [0.1, 0.15) is 22.9 Å². The lowest BCUT2D eigenvalue weighted by atomic mass is 10.0. The quantitative estimate of drug-likeness (QED) is 0.851. The fourth-order valence-electron chi connectivity index (χ4n) is 1.70. The van der Waals surface area contributed by atoms with Crippen molar-refractivity contribution in [1.82, 2.24) is 4.98 Å². The number of benzene rings is 1. The smallest absolute Gasteiger partial charge is 0.121 e. The Morgan fingerprint density at radius 3 is 2.72 bits per heavy atom. The molecule has 0 amide bonds. The first kappa shape index (κ1) is 13.5. The summed E-state index contributed by atoms with van der Waals surface area (Å²) in [6, 6.07) is 10.3. The minimum atomic E-state index is -0.914. The molecule has 1 aromatic heterocycles. The van der Waals surface area contributed by atoms with Gasteiger partial charge in [0.25, 0.3) is 0 Å². The van der Waals surface area contributed by atoms with E-state index in [-0.39, 0.29) is 6.61 Å². The Hall–Kier alpha value is -0.940. The predicted octanol–water partition coefficient (Wildman–Crippen LogP) is 3.07. The van der Waals surface area contributed by atoms with Gasteiger partial charge in [-0.2, -0.15) is 0 Å². The first-order valence-electron chi connectivity index (χ1n) is 5.31. The monoisotopic (exact) mass is 327 g/mol. The number of aromatic nitrogens is 1. The third-order valence-corrected chi connectivity index (χ3v) is 3.27. The van der Waals surface area contributed by atoms with Gasteiger partial charge >= 0.3 is 0 Å². The number of pyridine rings is 1. The van der Waals surface area contributed by atoms with Gasteiger partial charge in [0, 0.05) is 5.02 Å². The molecule has 0 saturated heterocycles. The Balaban J connectivity index is 2.44. The van der Waals surface area contributed by atoms with Gasteiger partial charge in [0.2, 0.25) is 0 Å². The highest BCUT2D eigenvalue weighted by Gasteiger charge is 2.16.